The normalized spacial score (nSPS) is 14.4. The lowest BCUT2D eigenvalue weighted by atomic mass is 9.83. The molecule has 1 aliphatic carbocycles. The van der Waals surface area contributed by atoms with Gasteiger partial charge in [-0.1, -0.05) is 123 Å². The van der Waals surface area contributed by atoms with E-state index in [1.165, 1.54) is 66.7 Å². The number of aromatic nitrogens is 2. The van der Waals surface area contributed by atoms with Crippen molar-refractivity contribution in [2.75, 3.05) is 4.90 Å². The minimum atomic E-state index is -0.153. The fourth-order valence-corrected chi connectivity index (χ4v) is 8.60. The van der Waals surface area contributed by atoms with Crippen molar-refractivity contribution in [3.63, 3.8) is 0 Å². The standard InChI is InChI=1S/C49H39N3/c1-49(2)44-20-12-13-21-46(44)50-33-43-42-32-41(30-31-45(42)52(47(43)48(49)50)38-18-10-5-11-19-38)51(39-26-22-36(23-27-39)34-14-6-3-7-15-34)40-28-24-37(25-29-40)35-16-8-4-9-17-35/h3,5-8,10-33H,4,9H2,1-2H3. The van der Waals surface area contributed by atoms with Crippen molar-refractivity contribution in [2.24, 2.45) is 0 Å². The molecule has 1 aliphatic heterocycles. The molecule has 0 unspecified atom stereocenters. The monoisotopic (exact) mass is 669 g/mol. The van der Waals surface area contributed by atoms with Crippen LogP contribution in [0.2, 0.25) is 0 Å². The number of fused-ring (bicyclic) bond motifs is 7. The summed E-state index contributed by atoms with van der Waals surface area (Å²) in [6.45, 7) is 4.73. The molecule has 0 amide bonds. The Bertz CT molecular complexity index is 2670. The molecule has 2 aromatic heterocycles. The van der Waals surface area contributed by atoms with Gasteiger partial charge in [0.1, 0.15) is 0 Å². The highest BCUT2D eigenvalue weighted by Crippen LogP contribution is 2.50. The van der Waals surface area contributed by atoms with Crippen LogP contribution >= 0.6 is 0 Å². The number of nitrogens with zero attached hydrogens (tertiary/aromatic N) is 3. The highest BCUT2D eigenvalue weighted by molar-refractivity contribution is 6.12. The van der Waals surface area contributed by atoms with Gasteiger partial charge in [-0.25, -0.2) is 0 Å². The lowest BCUT2D eigenvalue weighted by Crippen LogP contribution is -2.16. The Balaban J connectivity index is 1.18. The molecule has 3 nitrogen and oxygen atoms in total. The van der Waals surface area contributed by atoms with Crippen LogP contribution in [0.5, 0.6) is 0 Å². The summed E-state index contributed by atoms with van der Waals surface area (Å²) in [5, 5.41) is 2.51. The number of rotatable bonds is 6. The zero-order chi connectivity index (χ0) is 34.8. The van der Waals surface area contributed by atoms with Gasteiger partial charge in [-0.15, -0.1) is 0 Å². The highest BCUT2D eigenvalue weighted by atomic mass is 15.1. The molecular weight excluding hydrogens is 631 g/mol. The predicted octanol–water partition coefficient (Wildman–Crippen LogP) is 13.1. The summed E-state index contributed by atoms with van der Waals surface area (Å²) in [5.74, 6) is 0. The van der Waals surface area contributed by atoms with Crippen LogP contribution in [0, 0.1) is 0 Å². The van der Waals surface area contributed by atoms with Crippen molar-refractivity contribution in [1.29, 1.82) is 0 Å². The first-order chi connectivity index (χ1) is 25.6. The fourth-order valence-electron chi connectivity index (χ4n) is 8.60. The summed E-state index contributed by atoms with van der Waals surface area (Å²) in [6.07, 6.45) is 11.5. The molecule has 8 aromatic rings. The highest BCUT2D eigenvalue weighted by Gasteiger charge is 2.39. The maximum Gasteiger partial charge on any atom is 0.0763 e. The van der Waals surface area contributed by atoms with E-state index in [0.717, 1.165) is 29.9 Å². The first-order valence-electron chi connectivity index (χ1n) is 18.3. The molecule has 0 saturated carbocycles. The first-order valence-corrected chi connectivity index (χ1v) is 18.3. The minimum Gasteiger partial charge on any atom is -0.317 e. The molecule has 3 heteroatoms. The quantitative estimate of drug-likeness (QED) is 0.172. The van der Waals surface area contributed by atoms with Crippen LogP contribution < -0.4 is 4.90 Å². The summed E-state index contributed by atoms with van der Waals surface area (Å²) >= 11 is 0. The second-order valence-electron chi connectivity index (χ2n) is 14.6. The zero-order valence-corrected chi connectivity index (χ0v) is 29.5. The van der Waals surface area contributed by atoms with E-state index >= 15 is 0 Å². The Labute approximate surface area is 305 Å². The third-order valence-electron chi connectivity index (χ3n) is 11.1. The molecule has 0 atom stereocenters. The summed E-state index contributed by atoms with van der Waals surface area (Å²) in [6, 6.07) is 55.4. The molecule has 52 heavy (non-hydrogen) atoms. The van der Waals surface area contributed by atoms with Gasteiger partial charge in [0.25, 0.3) is 0 Å². The molecule has 10 rings (SSSR count). The van der Waals surface area contributed by atoms with Crippen LogP contribution in [-0.2, 0) is 5.41 Å². The number of para-hydroxylation sites is 2. The first kappa shape index (κ1) is 30.5. The van der Waals surface area contributed by atoms with E-state index in [0.29, 0.717) is 0 Å². The van der Waals surface area contributed by atoms with Crippen LogP contribution in [0.15, 0.2) is 176 Å². The lowest BCUT2D eigenvalue weighted by molar-refractivity contribution is 0.646. The van der Waals surface area contributed by atoms with Crippen molar-refractivity contribution in [3.8, 4) is 22.5 Å². The molecule has 0 fully saturated rings. The molecular formula is C49H39N3. The van der Waals surface area contributed by atoms with Crippen molar-refractivity contribution in [1.82, 2.24) is 9.13 Å². The molecule has 0 saturated heterocycles. The Morgan fingerprint density at radius 1 is 0.577 bits per heavy atom. The number of allylic oxidation sites excluding steroid dienone is 4. The lowest BCUT2D eigenvalue weighted by Gasteiger charge is -2.26. The molecule has 0 bridgehead atoms. The van der Waals surface area contributed by atoms with Gasteiger partial charge in [-0.2, -0.15) is 0 Å². The average molecular weight is 670 g/mol. The molecule has 250 valence electrons. The van der Waals surface area contributed by atoms with Gasteiger partial charge in [-0.05, 0) is 101 Å². The van der Waals surface area contributed by atoms with Gasteiger partial charge in [0.15, 0.2) is 0 Å². The maximum atomic E-state index is 2.48. The van der Waals surface area contributed by atoms with E-state index in [1.54, 1.807) is 0 Å². The number of anilines is 3. The van der Waals surface area contributed by atoms with E-state index in [9.17, 15) is 0 Å². The van der Waals surface area contributed by atoms with Gasteiger partial charge in [-0.3, -0.25) is 0 Å². The van der Waals surface area contributed by atoms with Crippen molar-refractivity contribution >= 4 is 44.4 Å². The Morgan fingerprint density at radius 3 is 1.92 bits per heavy atom. The molecule has 0 radical (unpaired) electrons. The molecule has 6 aromatic carbocycles. The van der Waals surface area contributed by atoms with E-state index in [-0.39, 0.29) is 5.41 Å². The van der Waals surface area contributed by atoms with Gasteiger partial charge in [0, 0.05) is 50.8 Å². The smallest absolute Gasteiger partial charge is 0.0763 e. The summed E-state index contributed by atoms with van der Waals surface area (Å²) in [4.78, 5) is 2.40. The Hall–Kier alpha value is -6.32. The van der Waals surface area contributed by atoms with Crippen LogP contribution in [0.4, 0.5) is 17.1 Å². The van der Waals surface area contributed by atoms with Crippen LogP contribution in [-0.4, -0.2) is 9.13 Å². The van der Waals surface area contributed by atoms with E-state index in [2.05, 4.69) is 204 Å². The van der Waals surface area contributed by atoms with Crippen LogP contribution in [0.3, 0.4) is 0 Å². The molecule has 0 spiro atoms. The van der Waals surface area contributed by atoms with Gasteiger partial charge < -0.3 is 14.0 Å². The van der Waals surface area contributed by atoms with Crippen molar-refractivity contribution in [3.05, 3.63) is 193 Å². The summed E-state index contributed by atoms with van der Waals surface area (Å²) in [7, 11) is 0. The Kier molecular flexibility index (Phi) is 6.97. The second-order valence-corrected chi connectivity index (χ2v) is 14.6. The number of hydrogen-bond donors (Lipinski definition) is 0. The largest absolute Gasteiger partial charge is 0.317 e. The summed E-state index contributed by atoms with van der Waals surface area (Å²) < 4.78 is 4.92. The molecule has 2 aliphatic rings. The van der Waals surface area contributed by atoms with E-state index in [4.69, 9.17) is 0 Å². The third-order valence-corrected chi connectivity index (χ3v) is 11.1. The van der Waals surface area contributed by atoms with Crippen molar-refractivity contribution < 1.29 is 0 Å². The zero-order valence-electron chi connectivity index (χ0n) is 29.5. The fraction of sp³-hybridized carbons (Fsp3) is 0.102. The maximum absolute atomic E-state index is 2.48. The topological polar surface area (TPSA) is 13.1 Å². The minimum absolute atomic E-state index is 0.153. The van der Waals surface area contributed by atoms with Crippen LogP contribution in [0.25, 0.3) is 49.9 Å². The molecule has 3 heterocycles. The molecule has 0 N–H and O–H groups in total. The Morgan fingerprint density at radius 2 is 1.21 bits per heavy atom. The van der Waals surface area contributed by atoms with Crippen LogP contribution in [0.1, 0.15) is 43.5 Å². The number of hydrogen-bond acceptors (Lipinski definition) is 1. The summed E-state index contributed by atoms with van der Waals surface area (Å²) in [5.41, 5.74) is 15.8. The number of benzene rings is 6. The third kappa shape index (κ3) is 4.73. The van der Waals surface area contributed by atoms with E-state index in [1.807, 2.05) is 0 Å². The SMILES string of the molecule is CC1(C)c2ccccc2-n2cc3c4cc(N(c5ccc(C6=CCCC=C6)cc5)c5ccc(-c6ccccc6)cc5)ccc4n(-c4ccccc4)c3c21. The van der Waals surface area contributed by atoms with Gasteiger partial charge >= 0.3 is 0 Å². The predicted molar refractivity (Wildman–Crippen MR) is 219 cm³/mol. The van der Waals surface area contributed by atoms with Gasteiger partial charge in [0.2, 0.25) is 0 Å². The van der Waals surface area contributed by atoms with Gasteiger partial charge in [0.05, 0.1) is 16.7 Å². The second kappa shape index (κ2) is 11.9. The average Bonchev–Trinajstić information content (AvgIpc) is 3.81. The van der Waals surface area contributed by atoms with E-state index < -0.39 is 0 Å². The van der Waals surface area contributed by atoms with Crippen molar-refractivity contribution in [2.45, 2.75) is 32.1 Å².